The number of nitrogens with one attached hydrogen (secondary N) is 1. The molecule has 1 rings (SSSR count). The van der Waals surface area contributed by atoms with E-state index in [4.69, 9.17) is 4.74 Å². The fraction of sp³-hybridized carbons (Fsp3) is 0.429. The molecular formula is C14H21NO. The number of hydrogen-bond acceptors (Lipinski definition) is 2. The number of methoxy groups -OCH3 is 1. The Hall–Kier alpha value is -1.28. The van der Waals surface area contributed by atoms with E-state index in [0.29, 0.717) is 0 Å². The summed E-state index contributed by atoms with van der Waals surface area (Å²) in [7, 11) is 3.69. The Morgan fingerprint density at radius 2 is 2.12 bits per heavy atom. The third-order valence-corrected chi connectivity index (χ3v) is 2.50. The maximum Gasteiger partial charge on any atom is 0.122 e. The average molecular weight is 219 g/mol. The van der Waals surface area contributed by atoms with Crippen LogP contribution in [0.5, 0.6) is 5.75 Å². The van der Waals surface area contributed by atoms with Crippen LogP contribution in [0.1, 0.15) is 17.5 Å². The normalized spacial score (nSPS) is 10.9. The van der Waals surface area contributed by atoms with Crippen LogP contribution < -0.4 is 10.1 Å². The van der Waals surface area contributed by atoms with Crippen LogP contribution in [0.3, 0.4) is 0 Å². The quantitative estimate of drug-likeness (QED) is 0.586. The summed E-state index contributed by atoms with van der Waals surface area (Å²) in [6, 6.07) is 6.29. The molecule has 0 aromatic heterocycles. The van der Waals surface area contributed by atoms with Gasteiger partial charge in [0.05, 0.1) is 7.11 Å². The lowest BCUT2D eigenvalue weighted by Gasteiger charge is -2.07. The molecule has 16 heavy (non-hydrogen) atoms. The predicted molar refractivity (Wildman–Crippen MR) is 69.1 cm³/mol. The van der Waals surface area contributed by atoms with E-state index in [1.165, 1.54) is 11.1 Å². The van der Waals surface area contributed by atoms with Crippen molar-refractivity contribution < 1.29 is 4.74 Å². The minimum Gasteiger partial charge on any atom is -0.496 e. The molecule has 2 heteroatoms. The van der Waals surface area contributed by atoms with Gasteiger partial charge in [-0.1, -0.05) is 29.8 Å². The van der Waals surface area contributed by atoms with Gasteiger partial charge in [0.2, 0.25) is 0 Å². The Balaban J connectivity index is 2.58. The topological polar surface area (TPSA) is 21.3 Å². The lowest BCUT2D eigenvalue weighted by atomic mass is 10.1. The molecular weight excluding hydrogens is 198 g/mol. The molecule has 1 aromatic rings. The van der Waals surface area contributed by atoms with E-state index in [0.717, 1.165) is 25.1 Å². The van der Waals surface area contributed by atoms with E-state index in [1.54, 1.807) is 7.11 Å². The molecule has 0 radical (unpaired) electrons. The summed E-state index contributed by atoms with van der Waals surface area (Å²) in [5.74, 6) is 0.976. The van der Waals surface area contributed by atoms with Crippen molar-refractivity contribution in [3.63, 3.8) is 0 Å². The van der Waals surface area contributed by atoms with Crippen LogP contribution in [0.15, 0.2) is 30.4 Å². The summed E-state index contributed by atoms with van der Waals surface area (Å²) in [4.78, 5) is 0. The van der Waals surface area contributed by atoms with Gasteiger partial charge >= 0.3 is 0 Å². The van der Waals surface area contributed by atoms with Crippen molar-refractivity contribution >= 4 is 0 Å². The molecule has 0 amide bonds. The average Bonchev–Trinajstić information content (AvgIpc) is 2.29. The van der Waals surface area contributed by atoms with Crippen molar-refractivity contribution in [2.24, 2.45) is 0 Å². The fourth-order valence-electron chi connectivity index (χ4n) is 1.62. The molecule has 0 bridgehead atoms. The van der Waals surface area contributed by atoms with Crippen LogP contribution in [-0.4, -0.2) is 20.7 Å². The largest absolute Gasteiger partial charge is 0.496 e. The highest BCUT2D eigenvalue weighted by Crippen LogP contribution is 2.20. The molecule has 0 spiro atoms. The van der Waals surface area contributed by atoms with Gasteiger partial charge in [0.25, 0.3) is 0 Å². The van der Waals surface area contributed by atoms with Crippen molar-refractivity contribution in [3.05, 3.63) is 41.5 Å². The molecule has 0 saturated carbocycles. The van der Waals surface area contributed by atoms with Crippen molar-refractivity contribution in [3.8, 4) is 5.75 Å². The Morgan fingerprint density at radius 1 is 1.31 bits per heavy atom. The molecule has 0 aliphatic rings. The van der Waals surface area contributed by atoms with Gasteiger partial charge in [-0.05, 0) is 45.0 Å². The summed E-state index contributed by atoms with van der Waals surface area (Å²) >= 11 is 0. The first-order valence-corrected chi connectivity index (χ1v) is 5.71. The van der Waals surface area contributed by atoms with E-state index in [-0.39, 0.29) is 0 Å². The second kappa shape index (κ2) is 7.07. The molecule has 0 atom stereocenters. The number of allylic oxidation sites excluding steroid dienone is 1. The van der Waals surface area contributed by atoms with Crippen LogP contribution in [0.4, 0.5) is 0 Å². The highest BCUT2D eigenvalue weighted by Gasteiger charge is 2.00. The Labute approximate surface area is 98.3 Å². The number of benzene rings is 1. The maximum absolute atomic E-state index is 5.33. The van der Waals surface area contributed by atoms with Gasteiger partial charge in [0.15, 0.2) is 0 Å². The minimum atomic E-state index is 0.939. The van der Waals surface area contributed by atoms with Crippen molar-refractivity contribution in [2.75, 3.05) is 20.7 Å². The van der Waals surface area contributed by atoms with E-state index < -0.39 is 0 Å². The smallest absolute Gasteiger partial charge is 0.122 e. The van der Waals surface area contributed by atoms with E-state index in [9.17, 15) is 0 Å². The minimum absolute atomic E-state index is 0.939. The lowest BCUT2D eigenvalue weighted by molar-refractivity contribution is 0.410. The van der Waals surface area contributed by atoms with Crippen LogP contribution in [0.2, 0.25) is 0 Å². The molecule has 0 fully saturated rings. The zero-order valence-corrected chi connectivity index (χ0v) is 10.4. The highest BCUT2D eigenvalue weighted by atomic mass is 16.5. The van der Waals surface area contributed by atoms with Gasteiger partial charge in [-0.2, -0.15) is 0 Å². The molecule has 0 unspecified atom stereocenters. The summed E-state index contributed by atoms with van der Waals surface area (Å²) in [5.41, 5.74) is 2.53. The van der Waals surface area contributed by atoms with E-state index in [1.807, 2.05) is 13.1 Å². The summed E-state index contributed by atoms with van der Waals surface area (Å²) < 4.78 is 5.33. The first-order valence-electron chi connectivity index (χ1n) is 5.71. The summed E-state index contributed by atoms with van der Waals surface area (Å²) in [6.45, 7) is 3.13. The van der Waals surface area contributed by atoms with Crippen LogP contribution >= 0.6 is 0 Å². The van der Waals surface area contributed by atoms with Crippen LogP contribution in [0, 0.1) is 6.92 Å². The summed E-state index contributed by atoms with van der Waals surface area (Å²) in [6.07, 6.45) is 6.42. The van der Waals surface area contributed by atoms with E-state index >= 15 is 0 Å². The third-order valence-electron chi connectivity index (χ3n) is 2.50. The van der Waals surface area contributed by atoms with Crippen molar-refractivity contribution in [2.45, 2.75) is 19.8 Å². The molecule has 2 nitrogen and oxygen atoms in total. The SMILES string of the molecule is CNCCC=CCc1cc(C)ccc1OC. The predicted octanol–water partition coefficient (Wildman–Crippen LogP) is 2.71. The fourth-order valence-corrected chi connectivity index (χ4v) is 1.62. The van der Waals surface area contributed by atoms with Crippen LogP contribution in [0.25, 0.3) is 0 Å². The molecule has 0 aliphatic heterocycles. The molecule has 0 aliphatic carbocycles. The molecule has 1 N–H and O–H groups in total. The van der Waals surface area contributed by atoms with Crippen molar-refractivity contribution in [1.29, 1.82) is 0 Å². The number of ether oxygens (including phenoxy) is 1. The second-order valence-corrected chi connectivity index (χ2v) is 3.88. The van der Waals surface area contributed by atoms with Gasteiger partial charge in [0.1, 0.15) is 5.75 Å². The number of rotatable bonds is 6. The van der Waals surface area contributed by atoms with Crippen LogP contribution in [-0.2, 0) is 6.42 Å². The first kappa shape index (κ1) is 12.8. The lowest BCUT2D eigenvalue weighted by Crippen LogP contribution is -2.05. The monoisotopic (exact) mass is 219 g/mol. The van der Waals surface area contributed by atoms with E-state index in [2.05, 4.69) is 36.5 Å². The molecule has 0 saturated heterocycles. The van der Waals surface area contributed by atoms with Gasteiger partial charge in [-0.15, -0.1) is 0 Å². The first-order chi connectivity index (χ1) is 7.77. The highest BCUT2D eigenvalue weighted by molar-refractivity contribution is 5.38. The van der Waals surface area contributed by atoms with Crippen molar-refractivity contribution in [1.82, 2.24) is 5.32 Å². The Kier molecular flexibility index (Phi) is 5.65. The van der Waals surface area contributed by atoms with Gasteiger partial charge in [-0.3, -0.25) is 0 Å². The Bertz CT molecular complexity index is 345. The molecule has 88 valence electrons. The van der Waals surface area contributed by atoms with Gasteiger partial charge in [-0.25, -0.2) is 0 Å². The summed E-state index contributed by atoms with van der Waals surface area (Å²) in [5, 5.41) is 3.12. The maximum atomic E-state index is 5.33. The van der Waals surface area contributed by atoms with Gasteiger partial charge < -0.3 is 10.1 Å². The third kappa shape index (κ3) is 4.07. The zero-order chi connectivity index (χ0) is 11.8. The number of aryl methyl sites for hydroxylation is 1. The second-order valence-electron chi connectivity index (χ2n) is 3.88. The standard InChI is InChI=1S/C14H21NO/c1-12-8-9-14(16-3)13(11-12)7-5-4-6-10-15-2/h4-5,8-9,11,15H,6-7,10H2,1-3H3. The number of hydrogen-bond donors (Lipinski definition) is 1. The Morgan fingerprint density at radius 3 is 2.81 bits per heavy atom. The van der Waals surface area contributed by atoms with Gasteiger partial charge in [0, 0.05) is 0 Å². The molecule has 0 heterocycles. The molecule has 1 aromatic carbocycles. The zero-order valence-electron chi connectivity index (χ0n) is 10.4.